The monoisotopic (exact) mass is 417 g/mol. The SMILES string of the molecule is CC.CC(C)C1CCc2c(cc(-c3ccccc3)n2-c2cccc(CCC(=O)O)c2)C1. The van der Waals surface area contributed by atoms with E-state index in [1.54, 1.807) is 0 Å². The molecule has 1 aliphatic rings. The van der Waals surface area contributed by atoms with Crippen LogP contribution in [0.1, 0.15) is 57.4 Å². The van der Waals surface area contributed by atoms with Gasteiger partial charge in [0.2, 0.25) is 0 Å². The van der Waals surface area contributed by atoms with Crippen LogP contribution >= 0.6 is 0 Å². The minimum atomic E-state index is -0.751. The fourth-order valence-corrected chi connectivity index (χ4v) is 4.55. The lowest BCUT2D eigenvalue weighted by Crippen LogP contribution is -2.19. The van der Waals surface area contributed by atoms with Gasteiger partial charge in [-0.05, 0) is 72.4 Å². The van der Waals surface area contributed by atoms with Crippen molar-refractivity contribution < 1.29 is 9.90 Å². The zero-order valence-electron chi connectivity index (χ0n) is 19.3. The molecule has 0 aliphatic heterocycles. The molecular weight excluding hydrogens is 382 g/mol. The van der Waals surface area contributed by atoms with E-state index in [2.05, 4.69) is 66.9 Å². The summed E-state index contributed by atoms with van der Waals surface area (Å²) in [5.41, 5.74) is 7.54. The molecule has 3 heteroatoms. The maximum Gasteiger partial charge on any atom is 0.303 e. The van der Waals surface area contributed by atoms with Crippen LogP contribution in [0, 0.1) is 11.8 Å². The van der Waals surface area contributed by atoms with E-state index in [0.29, 0.717) is 12.3 Å². The van der Waals surface area contributed by atoms with Crippen molar-refractivity contribution in [2.24, 2.45) is 11.8 Å². The van der Waals surface area contributed by atoms with E-state index in [1.807, 2.05) is 26.0 Å². The van der Waals surface area contributed by atoms with E-state index in [0.717, 1.165) is 30.0 Å². The molecule has 3 nitrogen and oxygen atoms in total. The fourth-order valence-electron chi connectivity index (χ4n) is 4.55. The molecule has 1 N–H and O–H groups in total. The molecule has 2 aromatic carbocycles. The standard InChI is InChI=1S/C26H29NO2.C2H6/c1-18(2)21-12-13-24-22(16-21)17-25(20-8-4-3-5-9-20)27(24)23-10-6-7-19(15-23)11-14-26(28)29;1-2/h3-10,15,17-18,21H,11-14,16H2,1-2H3,(H,28,29);1-2H3. The first-order valence-electron chi connectivity index (χ1n) is 11.6. The predicted molar refractivity (Wildman–Crippen MR) is 129 cm³/mol. The first kappa shape index (κ1) is 22.9. The molecule has 0 saturated heterocycles. The molecule has 1 aliphatic carbocycles. The van der Waals surface area contributed by atoms with Crippen molar-refractivity contribution in [3.8, 4) is 16.9 Å². The van der Waals surface area contributed by atoms with E-state index >= 15 is 0 Å². The number of hydrogen-bond donors (Lipinski definition) is 1. The summed E-state index contributed by atoms with van der Waals surface area (Å²) >= 11 is 0. The molecule has 1 atom stereocenters. The second kappa shape index (κ2) is 10.5. The van der Waals surface area contributed by atoms with Gasteiger partial charge in [0.1, 0.15) is 0 Å². The minimum Gasteiger partial charge on any atom is -0.481 e. The normalized spacial score (nSPS) is 15.2. The summed E-state index contributed by atoms with van der Waals surface area (Å²) < 4.78 is 2.41. The summed E-state index contributed by atoms with van der Waals surface area (Å²) in [7, 11) is 0. The van der Waals surface area contributed by atoms with Gasteiger partial charge in [-0.25, -0.2) is 0 Å². The average molecular weight is 418 g/mol. The molecule has 0 radical (unpaired) electrons. The number of aryl methyl sites for hydroxylation is 1. The number of fused-ring (bicyclic) bond motifs is 1. The summed E-state index contributed by atoms with van der Waals surface area (Å²) in [6.07, 6.45) is 4.17. The zero-order chi connectivity index (χ0) is 22.4. The van der Waals surface area contributed by atoms with Gasteiger partial charge >= 0.3 is 5.97 Å². The maximum absolute atomic E-state index is 11.0. The third kappa shape index (κ3) is 5.28. The van der Waals surface area contributed by atoms with E-state index < -0.39 is 5.97 Å². The highest BCUT2D eigenvalue weighted by atomic mass is 16.4. The molecule has 0 amide bonds. The molecule has 1 aromatic heterocycles. The van der Waals surface area contributed by atoms with Crippen LogP contribution in [0.3, 0.4) is 0 Å². The van der Waals surface area contributed by atoms with Crippen molar-refractivity contribution in [3.05, 3.63) is 77.5 Å². The van der Waals surface area contributed by atoms with Gasteiger partial charge in [0.05, 0.1) is 5.69 Å². The number of hydrogen-bond acceptors (Lipinski definition) is 1. The Morgan fingerprint density at radius 2 is 1.81 bits per heavy atom. The van der Waals surface area contributed by atoms with E-state index in [-0.39, 0.29) is 6.42 Å². The van der Waals surface area contributed by atoms with Gasteiger partial charge in [-0.15, -0.1) is 0 Å². The molecule has 0 fully saturated rings. The van der Waals surface area contributed by atoms with Crippen molar-refractivity contribution in [3.63, 3.8) is 0 Å². The lowest BCUT2D eigenvalue weighted by Gasteiger charge is -2.27. The van der Waals surface area contributed by atoms with Gasteiger partial charge in [-0.1, -0.05) is 70.2 Å². The molecule has 1 unspecified atom stereocenters. The van der Waals surface area contributed by atoms with Crippen LogP contribution in [-0.4, -0.2) is 15.6 Å². The van der Waals surface area contributed by atoms with Gasteiger partial charge in [0.15, 0.2) is 0 Å². The van der Waals surface area contributed by atoms with Crippen molar-refractivity contribution >= 4 is 5.97 Å². The van der Waals surface area contributed by atoms with Crippen LogP contribution in [0.2, 0.25) is 0 Å². The minimum absolute atomic E-state index is 0.162. The predicted octanol–water partition coefficient (Wildman–Crippen LogP) is 6.95. The summed E-state index contributed by atoms with van der Waals surface area (Å²) in [5.74, 6) is 0.688. The van der Waals surface area contributed by atoms with Gasteiger partial charge in [-0.2, -0.15) is 0 Å². The van der Waals surface area contributed by atoms with Crippen molar-refractivity contribution in [1.82, 2.24) is 4.57 Å². The second-order valence-electron chi connectivity index (χ2n) is 8.51. The highest BCUT2D eigenvalue weighted by Gasteiger charge is 2.26. The van der Waals surface area contributed by atoms with Gasteiger partial charge in [-0.3, -0.25) is 4.79 Å². The van der Waals surface area contributed by atoms with Crippen molar-refractivity contribution in [2.75, 3.05) is 0 Å². The van der Waals surface area contributed by atoms with Gasteiger partial charge < -0.3 is 9.67 Å². The second-order valence-corrected chi connectivity index (χ2v) is 8.51. The Labute approximate surface area is 186 Å². The van der Waals surface area contributed by atoms with Crippen molar-refractivity contribution in [2.45, 2.75) is 59.8 Å². The topological polar surface area (TPSA) is 42.2 Å². The molecule has 1 heterocycles. The number of carboxylic acid groups (broad SMARTS) is 1. The Morgan fingerprint density at radius 3 is 2.48 bits per heavy atom. The molecule has 3 aromatic rings. The third-order valence-corrected chi connectivity index (χ3v) is 6.24. The Morgan fingerprint density at radius 1 is 1.06 bits per heavy atom. The van der Waals surface area contributed by atoms with Gasteiger partial charge in [0.25, 0.3) is 0 Å². The van der Waals surface area contributed by atoms with Crippen LogP contribution in [-0.2, 0) is 24.1 Å². The van der Waals surface area contributed by atoms with Crippen LogP contribution in [0.25, 0.3) is 16.9 Å². The lowest BCUT2D eigenvalue weighted by molar-refractivity contribution is -0.136. The van der Waals surface area contributed by atoms with Crippen LogP contribution in [0.15, 0.2) is 60.7 Å². The molecule has 0 bridgehead atoms. The zero-order valence-corrected chi connectivity index (χ0v) is 19.3. The largest absolute Gasteiger partial charge is 0.481 e. The Hall–Kier alpha value is -2.81. The van der Waals surface area contributed by atoms with E-state index in [1.165, 1.54) is 28.9 Å². The van der Waals surface area contributed by atoms with Crippen molar-refractivity contribution in [1.29, 1.82) is 0 Å². The molecule has 0 spiro atoms. The number of carbonyl (C=O) groups is 1. The molecular formula is C28H35NO2. The summed E-state index contributed by atoms with van der Waals surface area (Å²) in [4.78, 5) is 11.0. The quantitative estimate of drug-likeness (QED) is 0.471. The van der Waals surface area contributed by atoms with Crippen LogP contribution < -0.4 is 0 Å². The fraction of sp³-hybridized carbons (Fsp3) is 0.393. The molecule has 4 rings (SSSR count). The maximum atomic E-state index is 11.0. The van der Waals surface area contributed by atoms with Gasteiger partial charge in [0, 0.05) is 17.8 Å². The lowest BCUT2D eigenvalue weighted by atomic mass is 9.81. The van der Waals surface area contributed by atoms with Crippen LogP contribution in [0.5, 0.6) is 0 Å². The number of carboxylic acids is 1. The highest BCUT2D eigenvalue weighted by molar-refractivity contribution is 5.68. The highest BCUT2D eigenvalue weighted by Crippen LogP contribution is 2.37. The first-order chi connectivity index (χ1) is 15.0. The Bertz CT molecular complexity index is 1000. The molecule has 0 saturated carbocycles. The number of aromatic nitrogens is 1. The third-order valence-electron chi connectivity index (χ3n) is 6.24. The van der Waals surface area contributed by atoms with Crippen LogP contribution in [0.4, 0.5) is 0 Å². The Kier molecular flexibility index (Phi) is 7.73. The van der Waals surface area contributed by atoms with E-state index in [9.17, 15) is 4.79 Å². The summed E-state index contributed by atoms with van der Waals surface area (Å²) in [6.45, 7) is 8.66. The number of benzene rings is 2. The molecule has 164 valence electrons. The Balaban J connectivity index is 0.00000132. The average Bonchev–Trinajstić information content (AvgIpc) is 3.18. The number of aliphatic carboxylic acids is 1. The van der Waals surface area contributed by atoms with E-state index in [4.69, 9.17) is 5.11 Å². The summed E-state index contributed by atoms with van der Waals surface area (Å²) in [6, 6.07) is 21.3. The number of nitrogens with zero attached hydrogens (tertiary/aromatic N) is 1. The first-order valence-corrected chi connectivity index (χ1v) is 11.6. The molecule has 31 heavy (non-hydrogen) atoms. The summed E-state index contributed by atoms with van der Waals surface area (Å²) in [5, 5.41) is 9.04. The number of rotatable bonds is 6. The smallest absolute Gasteiger partial charge is 0.303 e.